The highest BCUT2D eigenvalue weighted by molar-refractivity contribution is 9.10. The predicted octanol–water partition coefficient (Wildman–Crippen LogP) is 6.64. The van der Waals surface area contributed by atoms with Crippen LogP contribution < -0.4 is 5.43 Å². The van der Waals surface area contributed by atoms with Gasteiger partial charge in [0, 0.05) is 33.7 Å². The van der Waals surface area contributed by atoms with Gasteiger partial charge in [-0.25, -0.2) is 5.43 Å². The summed E-state index contributed by atoms with van der Waals surface area (Å²) >= 11 is 4.78. The molecule has 0 saturated heterocycles. The molecule has 0 aliphatic rings. The normalized spacial score (nSPS) is 11.4. The fraction of sp³-hybridized carbons (Fsp3) is 0.0333. The molecule has 7 nitrogen and oxygen atoms in total. The molecule has 190 valence electrons. The van der Waals surface area contributed by atoms with Crippen molar-refractivity contribution in [2.24, 2.45) is 5.10 Å². The van der Waals surface area contributed by atoms with Gasteiger partial charge in [0.25, 0.3) is 5.91 Å². The van der Waals surface area contributed by atoms with E-state index in [1.807, 2.05) is 65.2 Å². The lowest BCUT2D eigenvalue weighted by Gasteiger charge is -2.10. The molecule has 0 aliphatic carbocycles. The maximum absolute atomic E-state index is 12.8. The predicted molar refractivity (Wildman–Crippen MR) is 160 cm³/mol. The van der Waals surface area contributed by atoms with Crippen molar-refractivity contribution in [3.05, 3.63) is 113 Å². The lowest BCUT2D eigenvalue weighted by atomic mass is 9.97. The molecule has 4 aromatic carbocycles. The molecule has 0 atom stereocenters. The lowest BCUT2D eigenvalue weighted by Crippen LogP contribution is -2.20. The maximum atomic E-state index is 12.8. The van der Waals surface area contributed by atoms with Gasteiger partial charge in [-0.05, 0) is 64.0 Å². The van der Waals surface area contributed by atoms with Gasteiger partial charge in [-0.1, -0.05) is 76.2 Å². The van der Waals surface area contributed by atoms with Crippen molar-refractivity contribution in [2.45, 2.75) is 5.16 Å². The number of fused-ring (bicyclic) bond motifs is 2. The van der Waals surface area contributed by atoms with Crippen LogP contribution in [0.15, 0.2) is 118 Å². The van der Waals surface area contributed by atoms with Crippen molar-refractivity contribution < 1.29 is 4.79 Å². The van der Waals surface area contributed by atoms with Crippen LogP contribution in [0.5, 0.6) is 0 Å². The van der Waals surface area contributed by atoms with Crippen LogP contribution in [0.4, 0.5) is 0 Å². The number of aromatic nitrogens is 4. The smallest absolute Gasteiger partial charge is 0.250 e. The Balaban J connectivity index is 1.22. The maximum Gasteiger partial charge on any atom is 0.250 e. The number of pyridine rings is 1. The zero-order valence-electron chi connectivity index (χ0n) is 20.5. The molecule has 1 amide bonds. The van der Waals surface area contributed by atoms with Crippen molar-refractivity contribution in [1.29, 1.82) is 0 Å². The van der Waals surface area contributed by atoms with E-state index in [1.54, 1.807) is 18.6 Å². The Labute approximate surface area is 237 Å². The summed E-state index contributed by atoms with van der Waals surface area (Å²) in [5.41, 5.74) is 5.41. The number of rotatable bonds is 7. The summed E-state index contributed by atoms with van der Waals surface area (Å²) in [5.74, 6) is 0.554. The van der Waals surface area contributed by atoms with Gasteiger partial charge in [0.05, 0.1) is 12.0 Å². The van der Waals surface area contributed by atoms with Crippen molar-refractivity contribution >= 4 is 61.4 Å². The Morgan fingerprint density at radius 3 is 2.26 bits per heavy atom. The number of nitrogens with zero attached hydrogens (tertiary/aromatic N) is 5. The number of nitrogens with one attached hydrogen (secondary N) is 1. The van der Waals surface area contributed by atoms with Crippen molar-refractivity contribution in [3.63, 3.8) is 0 Å². The van der Waals surface area contributed by atoms with Crippen molar-refractivity contribution in [2.75, 3.05) is 5.75 Å². The van der Waals surface area contributed by atoms with Crippen LogP contribution in [0.2, 0.25) is 0 Å². The molecule has 6 aromatic rings. The standard InChI is InChI=1S/C30H21BrN6OS/c31-23-9-11-24(12-10-23)37-29(20-13-15-32-16-14-20)35-36-30(37)39-19-28(38)34-33-18-27-25-7-3-1-5-21(25)17-22-6-2-4-8-26(22)27/h1-18H,19H2,(H,34,38)/b33-18-. The van der Waals surface area contributed by atoms with Crippen LogP contribution in [-0.2, 0) is 4.79 Å². The molecule has 0 saturated carbocycles. The first kappa shape index (κ1) is 25.0. The summed E-state index contributed by atoms with van der Waals surface area (Å²) in [6, 6.07) is 30.1. The van der Waals surface area contributed by atoms with Gasteiger partial charge in [-0.3, -0.25) is 14.3 Å². The van der Waals surface area contributed by atoms with E-state index in [-0.39, 0.29) is 11.7 Å². The summed E-state index contributed by atoms with van der Waals surface area (Å²) in [6.07, 6.45) is 5.15. The molecule has 39 heavy (non-hydrogen) atoms. The molecule has 0 fully saturated rings. The highest BCUT2D eigenvalue weighted by Crippen LogP contribution is 2.29. The van der Waals surface area contributed by atoms with Crippen LogP contribution in [-0.4, -0.2) is 37.6 Å². The summed E-state index contributed by atoms with van der Waals surface area (Å²) in [6.45, 7) is 0. The topological polar surface area (TPSA) is 85.1 Å². The molecule has 0 aliphatic heterocycles. The number of thioether (sulfide) groups is 1. The molecule has 0 spiro atoms. The van der Waals surface area contributed by atoms with E-state index in [0.29, 0.717) is 11.0 Å². The van der Waals surface area contributed by atoms with E-state index in [1.165, 1.54) is 11.8 Å². The van der Waals surface area contributed by atoms with E-state index in [0.717, 1.165) is 42.8 Å². The third-order valence-corrected chi connectivity index (χ3v) is 7.64. The summed E-state index contributed by atoms with van der Waals surface area (Å²) in [7, 11) is 0. The molecule has 0 unspecified atom stereocenters. The fourth-order valence-electron chi connectivity index (χ4n) is 4.39. The SMILES string of the molecule is O=C(CSc1nnc(-c2ccncc2)n1-c1ccc(Br)cc1)N/N=C\c1c2ccccc2cc2ccccc12. The summed E-state index contributed by atoms with van der Waals surface area (Å²) < 4.78 is 2.90. The van der Waals surface area contributed by atoms with Gasteiger partial charge >= 0.3 is 0 Å². The van der Waals surface area contributed by atoms with E-state index in [2.05, 4.69) is 72.0 Å². The Bertz CT molecular complexity index is 1770. The third kappa shape index (κ3) is 5.32. The van der Waals surface area contributed by atoms with E-state index in [9.17, 15) is 4.79 Å². The largest absolute Gasteiger partial charge is 0.272 e. The minimum absolute atomic E-state index is 0.124. The minimum atomic E-state index is -0.239. The number of amides is 1. The number of halogens is 1. The third-order valence-electron chi connectivity index (χ3n) is 6.18. The molecule has 1 N–H and O–H groups in total. The Kier molecular flexibility index (Phi) is 7.16. The Morgan fingerprint density at radius 2 is 1.56 bits per heavy atom. The minimum Gasteiger partial charge on any atom is -0.272 e. The number of hydrogen-bond acceptors (Lipinski definition) is 6. The van der Waals surface area contributed by atoms with Gasteiger partial charge in [-0.15, -0.1) is 10.2 Å². The van der Waals surface area contributed by atoms with Crippen LogP contribution in [0.1, 0.15) is 5.56 Å². The number of benzene rings is 4. The molecule has 6 rings (SSSR count). The van der Waals surface area contributed by atoms with Gasteiger partial charge in [0.2, 0.25) is 0 Å². The first-order chi connectivity index (χ1) is 19.2. The highest BCUT2D eigenvalue weighted by Gasteiger charge is 2.17. The molecule has 0 bridgehead atoms. The second-order valence-corrected chi connectivity index (χ2v) is 10.5. The van der Waals surface area contributed by atoms with Crippen LogP contribution in [0.25, 0.3) is 38.6 Å². The number of hydrazone groups is 1. The summed E-state index contributed by atoms with van der Waals surface area (Å²) in [5, 5.41) is 18.1. The molecule has 2 aromatic heterocycles. The zero-order chi connectivity index (χ0) is 26.6. The van der Waals surface area contributed by atoms with Gasteiger partial charge < -0.3 is 0 Å². The lowest BCUT2D eigenvalue weighted by molar-refractivity contribution is -0.118. The van der Waals surface area contributed by atoms with Crippen LogP contribution in [0.3, 0.4) is 0 Å². The number of carbonyl (C=O) groups excluding carboxylic acids is 1. The van der Waals surface area contributed by atoms with Crippen LogP contribution >= 0.6 is 27.7 Å². The first-order valence-corrected chi connectivity index (χ1v) is 13.9. The van der Waals surface area contributed by atoms with E-state index in [4.69, 9.17) is 0 Å². The molecule has 0 radical (unpaired) electrons. The van der Waals surface area contributed by atoms with Gasteiger partial charge in [0.15, 0.2) is 11.0 Å². The monoisotopic (exact) mass is 592 g/mol. The molecule has 2 heterocycles. The first-order valence-electron chi connectivity index (χ1n) is 12.1. The molecular weight excluding hydrogens is 572 g/mol. The van der Waals surface area contributed by atoms with Gasteiger partial charge in [0.1, 0.15) is 0 Å². The van der Waals surface area contributed by atoms with Crippen molar-refractivity contribution in [3.8, 4) is 17.1 Å². The average molecular weight is 594 g/mol. The second kappa shape index (κ2) is 11.2. The number of carbonyl (C=O) groups is 1. The zero-order valence-corrected chi connectivity index (χ0v) is 22.9. The highest BCUT2D eigenvalue weighted by atomic mass is 79.9. The Morgan fingerprint density at radius 1 is 0.897 bits per heavy atom. The molecular formula is C30H21BrN6OS. The second-order valence-electron chi connectivity index (χ2n) is 8.67. The summed E-state index contributed by atoms with van der Waals surface area (Å²) in [4.78, 5) is 16.9. The fourth-order valence-corrected chi connectivity index (χ4v) is 5.40. The Hall–Kier alpha value is -4.34. The quantitative estimate of drug-likeness (QED) is 0.0971. The number of hydrogen-bond donors (Lipinski definition) is 1. The van der Waals surface area contributed by atoms with Crippen LogP contribution in [0, 0.1) is 0 Å². The van der Waals surface area contributed by atoms with Crippen molar-refractivity contribution in [1.82, 2.24) is 25.2 Å². The molecule has 9 heteroatoms. The van der Waals surface area contributed by atoms with E-state index >= 15 is 0 Å². The van der Waals surface area contributed by atoms with E-state index < -0.39 is 0 Å². The van der Waals surface area contributed by atoms with Gasteiger partial charge in [-0.2, -0.15) is 5.10 Å². The average Bonchev–Trinajstić information content (AvgIpc) is 3.40.